The molecule has 1 saturated carbocycles. The standard InChI is InChI=1S/C20H26BrN3O2S/c1-3-5-6-11-24-19(26)16-12-14(21)7-10-17(16)22-20(24)27-13-18(25)23(4-2)15-8-9-15/h7,10,12,15H,3-6,8-9,11,13H2,1-2H3. The molecule has 1 aromatic carbocycles. The van der Waals surface area contributed by atoms with Gasteiger partial charge in [-0.25, -0.2) is 4.98 Å². The first-order valence-corrected chi connectivity index (χ1v) is 11.4. The molecule has 7 heteroatoms. The Labute approximate surface area is 172 Å². The van der Waals surface area contributed by atoms with Crippen molar-refractivity contribution < 1.29 is 4.79 Å². The van der Waals surface area contributed by atoms with Crippen molar-refractivity contribution in [3.63, 3.8) is 0 Å². The fourth-order valence-corrected chi connectivity index (χ4v) is 4.51. The van der Waals surface area contributed by atoms with E-state index in [1.54, 1.807) is 4.57 Å². The maximum Gasteiger partial charge on any atom is 0.262 e. The largest absolute Gasteiger partial charge is 0.339 e. The Morgan fingerprint density at radius 2 is 2.11 bits per heavy atom. The molecular formula is C20H26BrN3O2S. The Bertz CT molecular complexity index is 879. The molecule has 0 radical (unpaired) electrons. The molecule has 0 atom stereocenters. The van der Waals surface area contributed by atoms with Crippen molar-refractivity contribution >= 4 is 44.5 Å². The van der Waals surface area contributed by atoms with Gasteiger partial charge in [-0.15, -0.1) is 0 Å². The van der Waals surface area contributed by atoms with Gasteiger partial charge in [-0.2, -0.15) is 0 Å². The molecular weight excluding hydrogens is 426 g/mol. The van der Waals surface area contributed by atoms with Gasteiger partial charge in [-0.1, -0.05) is 47.5 Å². The van der Waals surface area contributed by atoms with E-state index in [2.05, 4.69) is 22.9 Å². The minimum atomic E-state index is -0.0260. The number of aromatic nitrogens is 2. The van der Waals surface area contributed by atoms with Crippen molar-refractivity contribution in [1.29, 1.82) is 0 Å². The van der Waals surface area contributed by atoms with E-state index in [9.17, 15) is 9.59 Å². The van der Waals surface area contributed by atoms with Crippen LogP contribution in [0.3, 0.4) is 0 Å². The molecule has 0 aliphatic heterocycles. The number of hydrogen-bond donors (Lipinski definition) is 0. The van der Waals surface area contributed by atoms with E-state index in [0.29, 0.717) is 34.4 Å². The van der Waals surface area contributed by atoms with Gasteiger partial charge in [0.05, 0.1) is 16.7 Å². The zero-order chi connectivity index (χ0) is 19.4. The summed E-state index contributed by atoms with van der Waals surface area (Å²) in [5.41, 5.74) is 0.654. The number of carbonyl (C=O) groups is 1. The van der Waals surface area contributed by atoms with Crippen molar-refractivity contribution in [2.24, 2.45) is 0 Å². The zero-order valence-electron chi connectivity index (χ0n) is 15.9. The highest BCUT2D eigenvalue weighted by Gasteiger charge is 2.31. The summed E-state index contributed by atoms with van der Waals surface area (Å²) in [6.07, 6.45) is 5.30. The molecule has 5 nitrogen and oxygen atoms in total. The monoisotopic (exact) mass is 451 g/mol. The van der Waals surface area contributed by atoms with Gasteiger partial charge >= 0.3 is 0 Å². The van der Waals surface area contributed by atoms with E-state index in [1.165, 1.54) is 11.8 Å². The molecule has 1 aromatic heterocycles. The highest BCUT2D eigenvalue weighted by atomic mass is 79.9. The number of rotatable bonds is 9. The number of nitrogens with zero attached hydrogens (tertiary/aromatic N) is 3. The van der Waals surface area contributed by atoms with Gasteiger partial charge in [0.15, 0.2) is 5.16 Å². The molecule has 146 valence electrons. The van der Waals surface area contributed by atoms with E-state index >= 15 is 0 Å². The maximum absolute atomic E-state index is 13.0. The summed E-state index contributed by atoms with van der Waals surface area (Å²) in [5.74, 6) is 0.460. The van der Waals surface area contributed by atoms with Gasteiger partial charge in [0.1, 0.15) is 0 Å². The first-order valence-electron chi connectivity index (χ1n) is 9.67. The highest BCUT2D eigenvalue weighted by Crippen LogP contribution is 2.28. The molecule has 0 unspecified atom stereocenters. The molecule has 0 spiro atoms. The van der Waals surface area contributed by atoms with Crippen LogP contribution in [-0.2, 0) is 11.3 Å². The van der Waals surface area contributed by atoms with Gasteiger partial charge in [0.25, 0.3) is 5.56 Å². The van der Waals surface area contributed by atoms with Crippen molar-refractivity contribution in [2.75, 3.05) is 12.3 Å². The Morgan fingerprint density at radius 3 is 2.78 bits per heavy atom. The Morgan fingerprint density at radius 1 is 1.33 bits per heavy atom. The van der Waals surface area contributed by atoms with Gasteiger partial charge in [0, 0.05) is 23.6 Å². The summed E-state index contributed by atoms with van der Waals surface area (Å²) in [6, 6.07) is 5.98. The summed E-state index contributed by atoms with van der Waals surface area (Å²) >= 11 is 4.82. The normalized spacial score (nSPS) is 13.9. The van der Waals surface area contributed by atoms with E-state index in [0.717, 1.165) is 43.1 Å². The third kappa shape index (κ3) is 4.93. The molecule has 2 aromatic rings. The van der Waals surface area contributed by atoms with Crippen LogP contribution in [0.2, 0.25) is 0 Å². The third-order valence-corrected chi connectivity index (χ3v) is 6.29. The molecule has 1 aliphatic rings. The lowest BCUT2D eigenvalue weighted by Crippen LogP contribution is -2.34. The predicted octanol–water partition coefficient (Wildman–Crippen LogP) is 4.45. The smallest absolute Gasteiger partial charge is 0.262 e. The summed E-state index contributed by atoms with van der Waals surface area (Å²) in [6.45, 7) is 5.54. The fourth-order valence-electron chi connectivity index (χ4n) is 3.23. The molecule has 27 heavy (non-hydrogen) atoms. The highest BCUT2D eigenvalue weighted by molar-refractivity contribution is 9.10. The summed E-state index contributed by atoms with van der Waals surface area (Å²) < 4.78 is 2.61. The van der Waals surface area contributed by atoms with Crippen molar-refractivity contribution in [2.45, 2.75) is 63.7 Å². The van der Waals surface area contributed by atoms with Crippen LogP contribution >= 0.6 is 27.7 Å². The SMILES string of the molecule is CCCCCn1c(SCC(=O)N(CC)C2CC2)nc2ccc(Br)cc2c1=O. The second kappa shape index (κ2) is 9.24. The summed E-state index contributed by atoms with van der Waals surface area (Å²) in [4.78, 5) is 32.3. The Balaban J connectivity index is 1.87. The van der Waals surface area contributed by atoms with Crippen LogP contribution in [0, 0.1) is 0 Å². The van der Waals surface area contributed by atoms with Crippen molar-refractivity contribution in [1.82, 2.24) is 14.5 Å². The molecule has 1 heterocycles. The number of benzene rings is 1. The van der Waals surface area contributed by atoms with Gasteiger partial charge in [-0.05, 0) is 44.4 Å². The number of halogens is 1. The predicted molar refractivity (Wildman–Crippen MR) is 114 cm³/mol. The minimum absolute atomic E-state index is 0.0260. The average Bonchev–Trinajstić information content (AvgIpc) is 3.48. The third-order valence-electron chi connectivity index (χ3n) is 4.84. The Kier molecular flexibility index (Phi) is 6.98. The molecule has 3 rings (SSSR count). The summed E-state index contributed by atoms with van der Waals surface area (Å²) in [5, 5.41) is 1.26. The number of amides is 1. The topological polar surface area (TPSA) is 55.2 Å². The molecule has 0 bridgehead atoms. The van der Waals surface area contributed by atoms with Crippen LogP contribution in [0.15, 0.2) is 32.6 Å². The summed E-state index contributed by atoms with van der Waals surface area (Å²) in [7, 11) is 0. The van der Waals surface area contributed by atoms with Crippen LogP contribution in [0.1, 0.15) is 46.0 Å². The lowest BCUT2D eigenvalue weighted by Gasteiger charge is -2.20. The second-order valence-electron chi connectivity index (χ2n) is 6.92. The van der Waals surface area contributed by atoms with Crippen LogP contribution in [0.4, 0.5) is 0 Å². The van der Waals surface area contributed by atoms with E-state index in [4.69, 9.17) is 4.98 Å². The average molecular weight is 452 g/mol. The fraction of sp³-hybridized carbons (Fsp3) is 0.550. The molecule has 0 saturated heterocycles. The Hall–Kier alpha value is -1.34. The maximum atomic E-state index is 13.0. The van der Waals surface area contributed by atoms with Crippen LogP contribution in [0.25, 0.3) is 10.9 Å². The van der Waals surface area contributed by atoms with Gasteiger partial charge in [0.2, 0.25) is 5.91 Å². The van der Waals surface area contributed by atoms with Crippen LogP contribution in [-0.4, -0.2) is 38.7 Å². The number of carbonyl (C=O) groups excluding carboxylic acids is 1. The molecule has 0 N–H and O–H groups in total. The molecule has 1 fully saturated rings. The number of thioether (sulfide) groups is 1. The van der Waals surface area contributed by atoms with Gasteiger partial charge < -0.3 is 4.90 Å². The van der Waals surface area contributed by atoms with Crippen LogP contribution in [0.5, 0.6) is 0 Å². The molecule has 1 amide bonds. The first kappa shape index (κ1) is 20.4. The number of unbranched alkanes of at least 4 members (excludes halogenated alkanes) is 2. The zero-order valence-corrected chi connectivity index (χ0v) is 18.3. The molecule has 1 aliphatic carbocycles. The lowest BCUT2D eigenvalue weighted by molar-refractivity contribution is -0.128. The first-order chi connectivity index (χ1) is 13.0. The quantitative estimate of drug-likeness (QED) is 0.321. The van der Waals surface area contributed by atoms with Crippen molar-refractivity contribution in [3.05, 3.63) is 33.0 Å². The van der Waals surface area contributed by atoms with Crippen molar-refractivity contribution in [3.8, 4) is 0 Å². The minimum Gasteiger partial charge on any atom is -0.339 e. The van der Waals surface area contributed by atoms with E-state index < -0.39 is 0 Å². The second-order valence-corrected chi connectivity index (χ2v) is 8.78. The van der Waals surface area contributed by atoms with E-state index in [-0.39, 0.29) is 11.5 Å². The van der Waals surface area contributed by atoms with Gasteiger partial charge in [-0.3, -0.25) is 14.2 Å². The number of fused-ring (bicyclic) bond motifs is 1. The number of hydrogen-bond acceptors (Lipinski definition) is 4. The van der Waals surface area contributed by atoms with Crippen LogP contribution < -0.4 is 5.56 Å². The van der Waals surface area contributed by atoms with E-state index in [1.807, 2.05) is 30.0 Å². The lowest BCUT2D eigenvalue weighted by atomic mass is 10.2.